The Hall–Kier alpha value is -3.03. The molecule has 2 N–H and O–H groups in total. The number of halogens is 1. The van der Waals surface area contributed by atoms with Gasteiger partial charge in [0.15, 0.2) is 5.69 Å². The van der Waals surface area contributed by atoms with E-state index in [1.165, 1.54) is 28.9 Å². The molecule has 7 nitrogen and oxygen atoms in total. The molecule has 0 bridgehead atoms. The lowest BCUT2D eigenvalue weighted by Crippen LogP contribution is -2.47. The van der Waals surface area contributed by atoms with Crippen LogP contribution >= 0.6 is 0 Å². The molecule has 1 aliphatic rings. The van der Waals surface area contributed by atoms with E-state index in [-0.39, 0.29) is 17.3 Å². The second-order valence-corrected chi connectivity index (χ2v) is 6.17. The molecule has 1 aromatic carbocycles. The highest BCUT2D eigenvalue weighted by atomic mass is 19.1. The van der Waals surface area contributed by atoms with Crippen LogP contribution in [0.5, 0.6) is 0 Å². The maximum atomic E-state index is 14.1. The number of carbonyl (C=O) groups excluding carboxylic acids is 2. The summed E-state index contributed by atoms with van der Waals surface area (Å²) >= 11 is 0. The zero-order valence-electron chi connectivity index (χ0n) is 14.3. The fourth-order valence-electron chi connectivity index (χ4n) is 2.88. The number of aromatic nitrogens is 2. The van der Waals surface area contributed by atoms with Crippen molar-refractivity contribution in [3.63, 3.8) is 0 Å². The molecule has 2 heterocycles. The number of nitrogens with one attached hydrogen (secondary N) is 2. The molecule has 3 rings (SSSR count). The number of hydrogen-bond acceptors (Lipinski definition) is 4. The highest BCUT2D eigenvalue weighted by molar-refractivity contribution is 5.96. The fourth-order valence-corrected chi connectivity index (χ4v) is 2.88. The molecule has 0 spiro atoms. The standard InChI is InChI=1S/C18H19FN4O3/c1-11-10-15(24)16(22-23(11)14-8-3-2-6-12(14)19)18(26)21-13-7-4-5-9-20-17(13)25/h2-3,6,8,10,13H,4-5,7,9H2,1H3,(H,20,25)(H,21,26). The summed E-state index contributed by atoms with van der Waals surface area (Å²) in [6.07, 6.45) is 2.11. The molecule has 0 saturated carbocycles. The molecule has 0 radical (unpaired) electrons. The van der Waals surface area contributed by atoms with Crippen LogP contribution in [0.15, 0.2) is 35.1 Å². The lowest BCUT2D eigenvalue weighted by molar-refractivity contribution is -0.122. The van der Waals surface area contributed by atoms with Crippen molar-refractivity contribution in [3.8, 4) is 5.69 Å². The molecule has 1 aliphatic heterocycles. The minimum absolute atomic E-state index is 0.131. The van der Waals surface area contributed by atoms with Crippen LogP contribution in [0.1, 0.15) is 35.4 Å². The number of hydrogen-bond donors (Lipinski definition) is 2. The molecule has 1 fully saturated rings. The summed E-state index contributed by atoms with van der Waals surface area (Å²) < 4.78 is 15.3. The van der Waals surface area contributed by atoms with Crippen LogP contribution in [0.3, 0.4) is 0 Å². The van der Waals surface area contributed by atoms with Gasteiger partial charge >= 0.3 is 0 Å². The van der Waals surface area contributed by atoms with Gasteiger partial charge in [-0.1, -0.05) is 12.1 Å². The van der Waals surface area contributed by atoms with E-state index in [1.807, 2.05) is 0 Å². The minimum atomic E-state index is -0.748. The predicted molar refractivity (Wildman–Crippen MR) is 92.6 cm³/mol. The third kappa shape index (κ3) is 3.63. The largest absolute Gasteiger partial charge is 0.354 e. The van der Waals surface area contributed by atoms with E-state index in [4.69, 9.17) is 0 Å². The Labute approximate surface area is 149 Å². The number of aryl methyl sites for hydroxylation is 1. The predicted octanol–water partition coefficient (Wildman–Crippen LogP) is 1.08. The van der Waals surface area contributed by atoms with Crippen molar-refractivity contribution in [1.82, 2.24) is 20.4 Å². The molecule has 2 aromatic rings. The van der Waals surface area contributed by atoms with Crippen molar-refractivity contribution in [2.24, 2.45) is 0 Å². The third-order valence-electron chi connectivity index (χ3n) is 4.24. The molecular formula is C18H19FN4O3. The lowest BCUT2D eigenvalue weighted by atomic mass is 10.1. The van der Waals surface area contributed by atoms with Crippen LogP contribution in [0.25, 0.3) is 5.69 Å². The third-order valence-corrected chi connectivity index (χ3v) is 4.24. The summed E-state index contributed by atoms with van der Waals surface area (Å²) in [5, 5.41) is 9.31. The van der Waals surface area contributed by atoms with Crippen LogP contribution in [-0.4, -0.2) is 34.2 Å². The van der Waals surface area contributed by atoms with E-state index >= 15 is 0 Å². The van der Waals surface area contributed by atoms with Crippen molar-refractivity contribution in [2.45, 2.75) is 32.2 Å². The van der Waals surface area contributed by atoms with Gasteiger partial charge in [-0.3, -0.25) is 14.4 Å². The summed E-state index contributed by atoms with van der Waals surface area (Å²) in [6, 6.07) is 6.45. The van der Waals surface area contributed by atoms with Crippen molar-refractivity contribution in [2.75, 3.05) is 6.54 Å². The summed E-state index contributed by atoms with van der Waals surface area (Å²) in [6.45, 7) is 2.16. The number of para-hydroxylation sites is 1. The first kappa shape index (κ1) is 17.8. The van der Waals surface area contributed by atoms with E-state index in [0.717, 1.165) is 12.8 Å². The molecule has 0 aliphatic carbocycles. The summed E-state index contributed by atoms with van der Waals surface area (Å²) in [7, 11) is 0. The Morgan fingerprint density at radius 2 is 2.08 bits per heavy atom. The topological polar surface area (TPSA) is 93.1 Å². The Kier molecular flexibility index (Phi) is 5.11. The molecule has 1 atom stereocenters. The Balaban J connectivity index is 1.93. The zero-order valence-corrected chi connectivity index (χ0v) is 14.3. The molecule has 136 valence electrons. The Morgan fingerprint density at radius 3 is 2.85 bits per heavy atom. The average Bonchev–Trinajstić information content (AvgIpc) is 2.80. The Bertz CT molecular complexity index is 910. The molecule has 1 unspecified atom stereocenters. The first-order valence-corrected chi connectivity index (χ1v) is 8.42. The van der Waals surface area contributed by atoms with E-state index in [9.17, 15) is 18.8 Å². The number of rotatable bonds is 3. The van der Waals surface area contributed by atoms with Crippen LogP contribution in [0, 0.1) is 12.7 Å². The van der Waals surface area contributed by atoms with Crippen LogP contribution < -0.4 is 16.1 Å². The second kappa shape index (κ2) is 7.47. The van der Waals surface area contributed by atoms with Crippen molar-refractivity contribution < 1.29 is 14.0 Å². The van der Waals surface area contributed by atoms with Crippen LogP contribution in [-0.2, 0) is 4.79 Å². The Morgan fingerprint density at radius 1 is 1.31 bits per heavy atom. The fraction of sp³-hybridized carbons (Fsp3) is 0.333. The maximum absolute atomic E-state index is 14.1. The van der Waals surface area contributed by atoms with E-state index in [1.54, 1.807) is 13.0 Å². The van der Waals surface area contributed by atoms with Gasteiger partial charge in [-0.2, -0.15) is 5.10 Å². The minimum Gasteiger partial charge on any atom is -0.354 e. The van der Waals surface area contributed by atoms with Crippen LogP contribution in [0.2, 0.25) is 0 Å². The van der Waals surface area contributed by atoms with Gasteiger partial charge < -0.3 is 10.6 Å². The van der Waals surface area contributed by atoms with Gasteiger partial charge in [0.2, 0.25) is 11.3 Å². The smallest absolute Gasteiger partial charge is 0.276 e. The summed E-state index contributed by atoms with van der Waals surface area (Å²) in [4.78, 5) is 36.7. The normalized spacial score (nSPS) is 17.3. The monoisotopic (exact) mass is 358 g/mol. The van der Waals surface area contributed by atoms with E-state index in [2.05, 4.69) is 15.7 Å². The van der Waals surface area contributed by atoms with Gasteiger partial charge in [-0.25, -0.2) is 9.07 Å². The average molecular weight is 358 g/mol. The number of amides is 2. The van der Waals surface area contributed by atoms with Crippen LogP contribution in [0.4, 0.5) is 4.39 Å². The highest BCUT2D eigenvalue weighted by Gasteiger charge is 2.25. The quantitative estimate of drug-likeness (QED) is 0.859. The van der Waals surface area contributed by atoms with Gasteiger partial charge in [-0.05, 0) is 38.3 Å². The number of benzene rings is 1. The lowest BCUT2D eigenvalue weighted by Gasteiger charge is -2.16. The molecule has 2 amide bonds. The van der Waals surface area contributed by atoms with Gasteiger partial charge in [0.05, 0.1) is 0 Å². The van der Waals surface area contributed by atoms with Gasteiger partial charge in [0.1, 0.15) is 17.5 Å². The first-order chi connectivity index (χ1) is 12.5. The van der Waals surface area contributed by atoms with Crippen molar-refractivity contribution >= 4 is 11.8 Å². The molecular weight excluding hydrogens is 339 g/mol. The first-order valence-electron chi connectivity index (χ1n) is 8.42. The summed E-state index contributed by atoms with van der Waals surface area (Å²) in [5.74, 6) is -1.55. The zero-order chi connectivity index (χ0) is 18.7. The number of carbonyl (C=O) groups is 2. The van der Waals surface area contributed by atoms with Crippen molar-refractivity contribution in [3.05, 3.63) is 57.8 Å². The SMILES string of the molecule is Cc1cc(=O)c(C(=O)NC2CCCCNC2=O)nn1-c1ccccc1F. The van der Waals surface area contributed by atoms with E-state index < -0.39 is 23.2 Å². The molecule has 1 aromatic heterocycles. The number of nitrogens with zero attached hydrogens (tertiary/aromatic N) is 2. The van der Waals surface area contributed by atoms with Gasteiger partial charge in [0, 0.05) is 18.3 Å². The molecule has 26 heavy (non-hydrogen) atoms. The summed E-state index contributed by atoms with van der Waals surface area (Å²) in [5.41, 5.74) is -0.437. The van der Waals surface area contributed by atoms with Gasteiger partial charge in [-0.15, -0.1) is 0 Å². The highest BCUT2D eigenvalue weighted by Crippen LogP contribution is 2.13. The second-order valence-electron chi connectivity index (χ2n) is 6.17. The molecule has 8 heteroatoms. The molecule has 1 saturated heterocycles. The van der Waals surface area contributed by atoms with Crippen molar-refractivity contribution in [1.29, 1.82) is 0 Å². The van der Waals surface area contributed by atoms with E-state index in [0.29, 0.717) is 18.7 Å². The van der Waals surface area contributed by atoms with Gasteiger partial charge in [0.25, 0.3) is 5.91 Å². The maximum Gasteiger partial charge on any atom is 0.276 e.